The third kappa shape index (κ3) is 1.29. The Morgan fingerprint density at radius 2 is 2.04 bits per heavy atom. The van der Waals surface area contributed by atoms with E-state index in [1.54, 1.807) is 7.11 Å². The highest BCUT2D eigenvalue weighted by molar-refractivity contribution is 6.07. The Bertz CT molecular complexity index is 903. The van der Waals surface area contributed by atoms with Gasteiger partial charge in [0, 0.05) is 23.4 Å². The van der Waals surface area contributed by atoms with Crippen LogP contribution in [0.4, 0.5) is 4.79 Å². The first-order valence-corrected chi connectivity index (χ1v) is 9.18. The zero-order valence-electron chi connectivity index (χ0n) is 14.5. The van der Waals surface area contributed by atoms with Gasteiger partial charge in [-0.2, -0.15) is 0 Å². The van der Waals surface area contributed by atoms with E-state index in [0.29, 0.717) is 19.3 Å². The number of benzene rings is 1. The molecule has 0 aromatic heterocycles. The number of aliphatic hydroxyl groups is 1. The first-order valence-electron chi connectivity index (χ1n) is 9.18. The van der Waals surface area contributed by atoms with E-state index in [1.165, 1.54) is 5.56 Å². The molecule has 136 valence electrons. The molecule has 3 spiro atoms. The van der Waals surface area contributed by atoms with Crippen molar-refractivity contribution in [1.82, 2.24) is 16.0 Å². The zero-order valence-corrected chi connectivity index (χ0v) is 14.5. The highest BCUT2D eigenvalue weighted by Crippen LogP contribution is 2.72. The summed E-state index contributed by atoms with van der Waals surface area (Å²) in [6.45, 7) is 0.840. The minimum Gasteiger partial charge on any atom is -0.497 e. The number of imide groups is 1. The van der Waals surface area contributed by atoms with Gasteiger partial charge in [0.25, 0.3) is 5.91 Å². The first kappa shape index (κ1) is 15.0. The SMILES string of the molecule is COc1ccc2c(c1)[C@]13CC24CNC4C1(O)CC[C@@]1(C3)NC(=O)NC1=O. The second kappa shape index (κ2) is 4.07. The largest absolute Gasteiger partial charge is 0.497 e. The number of hydrogen-bond acceptors (Lipinski definition) is 5. The van der Waals surface area contributed by atoms with Crippen molar-refractivity contribution < 1.29 is 19.4 Å². The van der Waals surface area contributed by atoms with Gasteiger partial charge in [0.2, 0.25) is 0 Å². The summed E-state index contributed by atoms with van der Waals surface area (Å²) in [5.41, 5.74) is -0.139. The van der Waals surface area contributed by atoms with Crippen LogP contribution in [0.25, 0.3) is 0 Å². The van der Waals surface area contributed by atoms with Crippen LogP contribution in [-0.2, 0) is 15.6 Å². The maximum Gasteiger partial charge on any atom is 0.322 e. The molecule has 1 aromatic carbocycles. The summed E-state index contributed by atoms with van der Waals surface area (Å²) < 4.78 is 5.44. The van der Waals surface area contributed by atoms with Crippen molar-refractivity contribution in [2.75, 3.05) is 13.7 Å². The molecule has 6 rings (SSSR count). The summed E-state index contributed by atoms with van der Waals surface area (Å²) in [6.07, 6.45) is 2.17. The summed E-state index contributed by atoms with van der Waals surface area (Å²) in [7, 11) is 1.64. The van der Waals surface area contributed by atoms with Crippen molar-refractivity contribution in [3.63, 3.8) is 0 Å². The Morgan fingerprint density at radius 1 is 1.19 bits per heavy atom. The van der Waals surface area contributed by atoms with Gasteiger partial charge < -0.3 is 20.5 Å². The van der Waals surface area contributed by atoms with Gasteiger partial charge >= 0.3 is 6.03 Å². The molecule has 3 aliphatic carbocycles. The molecule has 2 bridgehead atoms. The smallest absolute Gasteiger partial charge is 0.322 e. The van der Waals surface area contributed by atoms with Crippen molar-refractivity contribution in [3.8, 4) is 5.75 Å². The summed E-state index contributed by atoms with van der Waals surface area (Å²) in [4.78, 5) is 24.5. The van der Waals surface area contributed by atoms with Crippen LogP contribution < -0.4 is 20.7 Å². The van der Waals surface area contributed by atoms with Crippen molar-refractivity contribution in [2.24, 2.45) is 0 Å². The van der Waals surface area contributed by atoms with Crippen LogP contribution in [0.3, 0.4) is 0 Å². The number of amides is 3. The molecule has 2 aliphatic heterocycles. The molecule has 0 radical (unpaired) electrons. The number of rotatable bonds is 1. The number of ether oxygens (including phenoxy) is 1. The predicted molar refractivity (Wildman–Crippen MR) is 91.0 cm³/mol. The van der Waals surface area contributed by atoms with Gasteiger partial charge in [-0.25, -0.2) is 4.79 Å². The van der Waals surface area contributed by atoms with Crippen molar-refractivity contribution in [2.45, 2.75) is 53.7 Å². The van der Waals surface area contributed by atoms with Crippen molar-refractivity contribution in [3.05, 3.63) is 29.3 Å². The van der Waals surface area contributed by atoms with E-state index in [2.05, 4.69) is 22.0 Å². The van der Waals surface area contributed by atoms with E-state index in [0.717, 1.165) is 24.3 Å². The highest BCUT2D eigenvalue weighted by atomic mass is 16.5. The fourth-order valence-corrected chi connectivity index (χ4v) is 6.89. The average Bonchev–Trinajstić information content (AvgIpc) is 3.09. The summed E-state index contributed by atoms with van der Waals surface area (Å²) in [5, 5.41) is 20.6. The fraction of sp³-hybridized carbons (Fsp3) is 0.579. The lowest BCUT2D eigenvalue weighted by molar-refractivity contribution is -0.136. The van der Waals surface area contributed by atoms with Crippen molar-refractivity contribution in [1.29, 1.82) is 0 Å². The Morgan fingerprint density at radius 3 is 2.69 bits per heavy atom. The number of urea groups is 1. The lowest BCUT2D eigenvalue weighted by atomic mass is 9.53. The predicted octanol–water partition coefficient (Wildman–Crippen LogP) is 0.0531. The summed E-state index contributed by atoms with van der Waals surface area (Å²) >= 11 is 0. The minimum absolute atomic E-state index is 0.00779. The Labute approximate surface area is 150 Å². The summed E-state index contributed by atoms with van der Waals surface area (Å²) in [5.74, 6) is 0.490. The maximum atomic E-state index is 12.6. The number of nitrogens with one attached hydrogen (secondary N) is 3. The van der Waals surface area contributed by atoms with Crippen molar-refractivity contribution >= 4 is 11.9 Å². The van der Waals surface area contributed by atoms with Gasteiger partial charge in [-0.3, -0.25) is 10.1 Å². The van der Waals surface area contributed by atoms with E-state index in [4.69, 9.17) is 4.74 Å². The molecule has 26 heavy (non-hydrogen) atoms. The lowest BCUT2D eigenvalue weighted by Gasteiger charge is -2.59. The molecule has 4 N–H and O–H groups in total. The third-order valence-electron chi connectivity index (χ3n) is 7.93. The van der Waals surface area contributed by atoms with Gasteiger partial charge in [0.15, 0.2) is 0 Å². The molecule has 7 nitrogen and oxygen atoms in total. The molecule has 5 aliphatic rings. The topological polar surface area (TPSA) is 99.7 Å². The number of methoxy groups -OCH3 is 1. The van der Waals surface area contributed by atoms with Crippen LogP contribution in [0.5, 0.6) is 5.75 Å². The maximum absolute atomic E-state index is 12.6. The van der Waals surface area contributed by atoms with Crippen LogP contribution in [-0.4, -0.2) is 47.9 Å². The fourth-order valence-electron chi connectivity index (χ4n) is 6.89. The number of fused-ring (bicyclic) bond motifs is 2. The van der Waals surface area contributed by atoms with Crippen LogP contribution >= 0.6 is 0 Å². The Hall–Kier alpha value is -2.12. The van der Waals surface area contributed by atoms with Crippen LogP contribution in [0.2, 0.25) is 0 Å². The lowest BCUT2D eigenvalue weighted by Crippen LogP contribution is -2.75. The van der Waals surface area contributed by atoms with Crippen LogP contribution in [0.15, 0.2) is 18.2 Å². The second-order valence-electron chi connectivity index (χ2n) is 8.73. The molecule has 3 unspecified atom stereocenters. The van der Waals surface area contributed by atoms with Gasteiger partial charge in [-0.05, 0) is 48.9 Å². The number of carbonyl (C=O) groups is 2. The molecule has 2 heterocycles. The normalized spacial score (nSPS) is 46.9. The third-order valence-corrected chi connectivity index (χ3v) is 7.93. The first-order chi connectivity index (χ1) is 12.4. The Balaban J connectivity index is 1.58. The van der Waals surface area contributed by atoms with Gasteiger partial charge in [0.05, 0.1) is 12.7 Å². The molecule has 1 aromatic rings. The zero-order chi connectivity index (χ0) is 17.9. The molecule has 2 saturated carbocycles. The van der Waals surface area contributed by atoms with Crippen LogP contribution in [0.1, 0.15) is 36.8 Å². The van der Waals surface area contributed by atoms with E-state index >= 15 is 0 Å². The average molecular weight is 355 g/mol. The van der Waals surface area contributed by atoms with Crippen LogP contribution in [0, 0.1) is 0 Å². The van der Waals surface area contributed by atoms with E-state index < -0.39 is 22.6 Å². The minimum atomic E-state index is -0.932. The van der Waals surface area contributed by atoms with Gasteiger partial charge in [-0.15, -0.1) is 0 Å². The van der Waals surface area contributed by atoms with E-state index in [1.807, 2.05) is 12.1 Å². The number of hydrogen-bond donors (Lipinski definition) is 4. The highest BCUT2D eigenvalue weighted by Gasteiger charge is 2.81. The second-order valence-corrected chi connectivity index (χ2v) is 8.73. The standard InChI is InChI=1S/C19H21N3O4/c1-26-10-2-3-11-12(6-10)17-7-16(11)9-20-13(16)19(17,25)5-4-18(8-17)14(23)21-15(24)22-18/h2-3,6,13,20,25H,4-5,7-9H2,1H3,(H2,21,22,23,24)/t13?,16?,17-,18+,19?/m1/s1. The molecule has 4 fully saturated rings. The quantitative estimate of drug-likeness (QED) is 0.534. The molecular formula is C19H21N3O4. The monoisotopic (exact) mass is 355 g/mol. The summed E-state index contributed by atoms with van der Waals surface area (Å²) in [6, 6.07) is 5.69. The Kier molecular flexibility index (Phi) is 2.35. The molecular weight excluding hydrogens is 334 g/mol. The number of carbonyl (C=O) groups excluding carboxylic acids is 2. The van der Waals surface area contributed by atoms with E-state index in [9.17, 15) is 14.7 Å². The molecule has 5 atom stereocenters. The van der Waals surface area contributed by atoms with Gasteiger partial charge in [-0.1, -0.05) is 6.07 Å². The van der Waals surface area contributed by atoms with E-state index in [-0.39, 0.29) is 17.4 Å². The van der Waals surface area contributed by atoms with Gasteiger partial charge in [0.1, 0.15) is 11.3 Å². The molecule has 2 saturated heterocycles. The molecule has 3 amide bonds. The molecule has 7 heteroatoms.